The number of fused-ring (bicyclic) bond motifs is 1. The van der Waals surface area contributed by atoms with Crippen molar-refractivity contribution in [1.29, 1.82) is 0 Å². The summed E-state index contributed by atoms with van der Waals surface area (Å²) in [5, 5.41) is 2.96. The van der Waals surface area contributed by atoms with Crippen LogP contribution < -0.4 is 24.6 Å². The number of piperazine rings is 1. The number of rotatable bonds is 3. The van der Waals surface area contributed by atoms with Crippen LogP contribution in [0.2, 0.25) is 0 Å². The van der Waals surface area contributed by atoms with Gasteiger partial charge in [0.25, 0.3) is 0 Å². The zero-order valence-corrected chi connectivity index (χ0v) is 17.8. The van der Waals surface area contributed by atoms with Crippen molar-refractivity contribution in [1.82, 2.24) is 14.9 Å². The van der Waals surface area contributed by atoms with E-state index in [-0.39, 0.29) is 12.8 Å². The summed E-state index contributed by atoms with van der Waals surface area (Å²) in [5.74, 6) is 3.14. The van der Waals surface area contributed by atoms with E-state index in [9.17, 15) is 4.79 Å². The number of amides is 2. The number of carbonyl (C=O) groups excluding carboxylic acids is 1. The Hall–Kier alpha value is -3.23. The van der Waals surface area contributed by atoms with Crippen LogP contribution in [-0.2, 0) is 0 Å². The Labute approximate surface area is 182 Å². The highest BCUT2D eigenvalue weighted by molar-refractivity contribution is 5.90. The maximum atomic E-state index is 12.7. The standard InChI is InChI=1S/C22H28N6O3/c1-16-13-20(25-21(23-16)27-7-3-2-4-8-27)26-9-11-28(12-10-26)22(29)24-17-5-6-18-19(14-17)31-15-30-18/h5-6,13-14H,2-4,7-12,15H2,1H3,(H,24,29). The van der Waals surface area contributed by atoms with Crippen LogP contribution in [0, 0.1) is 6.92 Å². The van der Waals surface area contributed by atoms with E-state index in [1.54, 1.807) is 6.07 Å². The fourth-order valence-electron chi connectivity index (χ4n) is 4.25. The first kappa shape index (κ1) is 19.7. The number of aryl methyl sites for hydroxylation is 1. The fourth-order valence-corrected chi connectivity index (χ4v) is 4.25. The number of ether oxygens (including phenoxy) is 2. The number of hydrogen-bond donors (Lipinski definition) is 1. The van der Waals surface area contributed by atoms with Crippen LogP contribution in [-0.4, -0.2) is 67.0 Å². The number of anilines is 3. The number of aromatic nitrogens is 2. The normalized spacial score (nSPS) is 18.3. The lowest BCUT2D eigenvalue weighted by atomic mass is 10.1. The van der Waals surface area contributed by atoms with Gasteiger partial charge in [-0.25, -0.2) is 9.78 Å². The molecule has 31 heavy (non-hydrogen) atoms. The van der Waals surface area contributed by atoms with Crippen LogP contribution in [0.25, 0.3) is 0 Å². The lowest BCUT2D eigenvalue weighted by Crippen LogP contribution is -2.50. The zero-order valence-electron chi connectivity index (χ0n) is 17.8. The minimum atomic E-state index is -0.105. The Kier molecular flexibility index (Phi) is 5.40. The van der Waals surface area contributed by atoms with Gasteiger partial charge in [0.1, 0.15) is 5.82 Å². The van der Waals surface area contributed by atoms with Crippen LogP contribution >= 0.6 is 0 Å². The number of benzene rings is 1. The molecule has 0 saturated carbocycles. The highest BCUT2D eigenvalue weighted by Crippen LogP contribution is 2.34. The van der Waals surface area contributed by atoms with E-state index in [2.05, 4.69) is 20.1 Å². The molecule has 4 heterocycles. The summed E-state index contributed by atoms with van der Waals surface area (Å²) in [6, 6.07) is 7.37. The van der Waals surface area contributed by atoms with Crippen molar-refractivity contribution in [3.05, 3.63) is 30.0 Å². The summed E-state index contributed by atoms with van der Waals surface area (Å²) in [7, 11) is 0. The third kappa shape index (κ3) is 4.30. The molecule has 9 heteroatoms. The van der Waals surface area contributed by atoms with Gasteiger partial charge in [-0.3, -0.25) is 0 Å². The van der Waals surface area contributed by atoms with Crippen LogP contribution in [0.15, 0.2) is 24.3 Å². The van der Waals surface area contributed by atoms with E-state index in [1.165, 1.54) is 19.3 Å². The van der Waals surface area contributed by atoms with Gasteiger partial charge in [0, 0.05) is 62.8 Å². The van der Waals surface area contributed by atoms with Gasteiger partial charge in [-0.2, -0.15) is 4.98 Å². The van der Waals surface area contributed by atoms with Gasteiger partial charge in [-0.15, -0.1) is 0 Å². The predicted molar refractivity (Wildman–Crippen MR) is 118 cm³/mol. The van der Waals surface area contributed by atoms with Gasteiger partial charge < -0.3 is 29.5 Å². The van der Waals surface area contributed by atoms with Crippen LogP contribution in [0.4, 0.5) is 22.2 Å². The molecule has 0 aliphatic carbocycles. The molecule has 0 spiro atoms. The molecule has 3 aliphatic rings. The molecule has 2 fully saturated rings. The summed E-state index contributed by atoms with van der Waals surface area (Å²) in [6.07, 6.45) is 3.68. The van der Waals surface area contributed by atoms with Crippen LogP contribution in [0.3, 0.4) is 0 Å². The SMILES string of the molecule is Cc1cc(N2CCN(C(=O)Nc3ccc4c(c3)OCO4)CC2)nc(N2CCCCC2)n1. The quantitative estimate of drug-likeness (QED) is 0.811. The minimum Gasteiger partial charge on any atom is -0.454 e. The summed E-state index contributed by atoms with van der Waals surface area (Å²) in [6.45, 7) is 7.05. The number of nitrogens with zero attached hydrogens (tertiary/aromatic N) is 5. The Balaban J connectivity index is 1.20. The molecular weight excluding hydrogens is 396 g/mol. The molecule has 2 saturated heterocycles. The molecule has 2 aromatic rings. The number of hydrogen-bond acceptors (Lipinski definition) is 7. The van der Waals surface area contributed by atoms with Crippen molar-refractivity contribution in [3.63, 3.8) is 0 Å². The summed E-state index contributed by atoms with van der Waals surface area (Å²) < 4.78 is 10.7. The first-order valence-corrected chi connectivity index (χ1v) is 11.0. The molecule has 0 bridgehead atoms. The first-order valence-electron chi connectivity index (χ1n) is 11.0. The highest BCUT2D eigenvalue weighted by atomic mass is 16.7. The molecule has 5 rings (SSSR count). The smallest absolute Gasteiger partial charge is 0.321 e. The topological polar surface area (TPSA) is 83.1 Å². The number of carbonyl (C=O) groups is 1. The Morgan fingerprint density at radius 3 is 2.48 bits per heavy atom. The fraction of sp³-hybridized carbons (Fsp3) is 0.500. The largest absolute Gasteiger partial charge is 0.454 e. The lowest BCUT2D eigenvalue weighted by molar-refractivity contribution is 0.174. The summed E-state index contributed by atoms with van der Waals surface area (Å²) in [5.41, 5.74) is 1.68. The molecule has 0 atom stereocenters. The van der Waals surface area contributed by atoms with E-state index in [1.807, 2.05) is 30.0 Å². The maximum absolute atomic E-state index is 12.7. The molecule has 1 aromatic heterocycles. The molecule has 1 N–H and O–H groups in total. The summed E-state index contributed by atoms with van der Waals surface area (Å²) >= 11 is 0. The van der Waals surface area contributed by atoms with Crippen molar-refractivity contribution in [2.45, 2.75) is 26.2 Å². The zero-order chi connectivity index (χ0) is 21.2. The molecular formula is C22H28N6O3. The summed E-state index contributed by atoms with van der Waals surface area (Å²) in [4.78, 5) is 28.6. The average molecular weight is 425 g/mol. The van der Waals surface area contributed by atoms with Gasteiger partial charge in [-0.1, -0.05) is 0 Å². The van der Waals surface area contributed by atoms with E-state index in [0.717, 1.165) is 43.6 Å². The minimum absolute atomic E-state index is 0.105. The van der Waals surface area contributed by atoms with Crippen molar-refractivity contribution in [2.75, 3.05) is 61.2 Å². The number of urea groups is 1. The molecule has 0 unspecified atom stereocenters. The van der Waals surface area contributed by atoms with E-state index >= 15 is 0 Å². The van der Waals surface area contributed by atoms with Crippen molar-refractivity contribution < 1.29 is 14.3 Å². The third-order valence-corrected chi connectivity index (χ3v) is 5.98. The van der Waals surface area contributed by atoms with E-state index in [4.69, 9.17) is 14.5 Å². The maximum Gasteiger partial charge on any atom is 0.321 e. The second kappa shape index (κ2) is 8.49. The average Bonchev–Trinajstić information content (AvgIpc) is 3.27. The molecule has 164 valence electrons. The van der Waals surface area contributed by atoms with Gasteiger partial charge in [0.15, 0.2) is 11.5 Å². The van der Waals surface area contributed by atoms with Gasteiger partial charge in [-0.05, 0) is 38.3 Å². The molecule has 2 amide bonds. The van der Waals surface area contributed by atoms with Crippen LogP contribution in [0.5, 0.6) is 11.5 Å². The molecule has 9 nitrogen and oxygen atoms in total. The molecule has 3 aliphatic heterocycles. The van der Waals surface area contributed by atoms with Crippen molar-refractivity contribution in [3.8, 4) is 11.5 Å². The first-order chi connectivity index (χ1) is 15.2. The van der Waals surface area contributed by atoms with Crippen molar-refractivity contribution in [2.24, 2.45) is 0 Å². The number of piperidine rings is 1. The Morgan fingerprint density at radius 1 is 0.903 bits per heavy atom. The van der Waals surface area contributed by atoms with E-state index < -0.39 is 0 Å². The van der Waals surface area contributed by atoms with Crippen molar-refractivity contribution >= 4 is 23.5 Å². The lowest BCUT2D eigenvalue weighted by Gasteiger charge is -2.36. The molecule has 0 radical (unpaired) electrons. The predicted octanol–water partition coefficient (Wildman–Crippen LogP) is 2.86. The Morgan fingerprint density at radius 2 is 1.68 bits per heavy atom. The van der Waals surface area contributed by atoms with Crippen LogP contribution in [0.1, 0.15) is 25.0 Å². The second-order valence-electron chi connectivity index (χ2n) is 8.19. The van der Waals surface area contributed by atoms with Gasteiger partial charge >= 0.3 is 6.03 Å². The third-order valence-electron chi connectivity index (χ3n) is 5.98. The second-order valence-corrected chi connectivity index (χ2v) is 8.19. The van der Waals surface area contributed by atoms with Gasteiger partial charge in [0.05, 0.1) is 0 Å². The number of nitrogens with one attached hydrogen (secondary N) is 1. The van der Waals surface area contributed by atoms with Gasteiger partial charge in [0.2, 0.25) is 12.7 Å². The molecule has 1 aromatic carbocycles. The Bertz CT molecular complexity index is 954. The highest BCUT2D eigenvalue weighted by Gasteiger charge is 2.24. The van der Waals surface area contributed by atoms with E-state index in [0.29, 0.717) is 30.3 Å². The monoisotopic (exact) mass is 424 g/mol.